The number of rotatable bonds is 9. The standard InChI is InChI=1S/C13H19N3O4S.ClH/c1-19-8-7-15-5-6-16-21(17,18)13-4-3-11(10-14)9-12(13)20-2;/h3-4,9,15-16H,5-8H2,1-2H3;1H. The van der Waals surface area contributed by atoms with Crippen molar-refractivity contribution in [3.05, 3.63) is 23.8 Å². The van der Waals surface area contributed by atoms with E-state index in [1.165, 1.54) is 25.3 Å². The van der Waals surface area contributed by atoms with Crippen LogP contribution in [-0.4, -0.2) is 48.9 Å². The smallest absolute Gasteiger partial charge is 0.244 e. The second-order valence-electron chi connectivity index (χ2n) is 4.12. The average Bonchev–Trinajstić information content (AvgIpc) is 2.50. The molecule has 7 nitrogen and oxygen atoms in total. The summed E-state index contributed by atoms with van der Waals surface area (Å²) in [5, 5.41) is 11.8. The lowest BCUT2D eigenvalue weighted by Crippen LogP contribution is -2.33. The summed E-state index contributed by atoms with van der Waals surface area (Å²) >= 11 is 0. The third kappa shape index (κ3) is 6.17. The van der Waals surface area contributed by atoms with E-state index in [0.717, 1.165) is 0 Å². The maximum Gasteiger partial charge on any atom is 0.244 e. The van der Waals surface area contributed by atoms with E-state index < -0.39 is 10.0 Å². The van der Waals surface area contributed by atoms with Crippen molar-refractivity contribution in [3.63, 3.8) is 0 Å². The number of ether oxygens (including phenoxy) is 2. The Bertz CT molecular complexity index is 602. The summed E-state index contributed by atoms with van der Waals surface area (Å²) in [5.41, 5.74) is 0.340. The second kappa shape index (κ2) is 10.4. The van der Waals surface area contributed by atoms with Crippen LogP contribution in [0.4, 0.5) is 0 Å². The highest BCUT2D eigenvalue weighted by molar-refractivity contribution is 7.89. The lowest BCUT2D eigenvalue weighted by molar-refractivity contribution is 0.199. The molecule has 0 unspecified atom stereocenters. The van der Waals surface area contributed by atoms with Crippen LogP contribution < -0.4 is 14.8 Å². The molecule has 0 amide bonds. The molecule has 1 aromatic rings. The van der Waals surface area contributed by atoms with Gasteiger partial charge in [0.1, 0.15) is 10.6 Å². The van der Waals surface area contributed by atoms with Gasteiger partial charge in [-0.2, -0.15) is 5.26 Å². The van der Waals surface area contributed by atoms with E-state index in [0.29, 0.717) is 25.3 Å². The van der Waals surface area contributed by atoms with Crippen LogP contribution in [0, 0.1) is 11.3 Å². The van der Waals surface area contributed by atoms with E-state index in [1.54, 1.807) is 7.11 Å². The topological polar surface area (TPSA) is 100 Å². The second-order valence-corrected chi connectivity index (χ2v) is 5.85. The van der Waals surface area contributed by atoms with Crippen molar-refractivity contribution in [3.8, 4) is 11.8 Å². The molecule has 0 atom stereocenters. The van der Waals surface area contributed by atoms with Crippen molar-refractivity contribution in [1.82, 2.24) is 10.0 Å². The average molecular weight is 350 g/mol. The first-order valence-electron chi connectivity index (χ1n) is 6.32. The van der Waals surface area contributed by atoms with Gasteiger partial charge in [-0.1, -0.05) is 0 Å². The van der Waals surface area contributed by atoms with E-state index in [-0.39, 0.29) is 29.6 Å². The number of nitrogens with zero attached hydrogens (tertiary/aromatic N) is 1. The minimum atomic E-state index is -3.68. The summed E-state index contributed by atoms with van der Waals surface area (Å²) in [4.78, 5) is 0.0147. The predicted octanol–water partition coefficient (Wildman–Crippen LogP) is 0.503. The Balaban J connectivity index is 0.00000441. The van der Waals surface area contributed by atoms with Gasteiger partial charge in [-0.3, -0.25) is 0 Å². The van der Waals surface area contributed by atoms with Crippen LogP contribution in [0.3, 0.4) is 0 Å². The molecule has 0 saturated heterocycles. The maximum absolute atomic E-state index is 12.2. The van der Waals surface area contributed by atoms with Gasteiger partial charge in [0.2, 0.25) is 10.0 Å². The Morgan fingerprint density at radius 2 is 1.95 bits per heavy atom. The SMILES string of the molecule is COCCNCCNS(=O)(=O)c1ccc(C#N)cc1OC.Cl. The molecular formula is C13H20ClN3O4S. The minimum absolute atomic E-state index is 0. The number of hydrogen-bond donors (Lipinski definition) is 2. The number of nitrogens with one attached hydrogen (secondary N) is 2. The fourth-order valence-electron chi connectivity index (χ4n) is 1.61. The maximum atomic E-state index is 12.2. The Morgan fingerprint density at radius 3 is 2.55 bits per heavy atom. The van der Waals surface area contributed by atoms with E-state index in [9.17, 15) is 8.42 Å². The Kier molecular flexibility index (Phi) is 9.73. The molecule has 0 heterocycles. The molecular weight excluding hydrogens is 330 g/mol. The molecule has 0 aliphatic rings. The molecule has 22 heavy (non-hydrogen) atoms. The van der Waals surface area contributed by atoms with Gasteiger partial charge in [-0.25, -0.2) is 13.1 Å². The summed E-state index contributed by atoms with van der Waals surface area (Å²) in [7, 11) is -0.715. The molecule has 0 bridgehead atoms. The fourth-order valence-corrected chi connectivity index (χ4v) is 2.79. The molecule has 124 valence electrons. The predicted molar refractivity (Wildman–Crippen MR) is 84.9 cm³/mol. The van der Waals surface area contributed by atoms with E-state index >= 15 is 0 Å². The summed E-state index contributed by atoms with van der Waals surface area (Å²) in [6.45, 7) is 1.95. The van der Waals surface area contributed by atoms with Crippen LogP contribution in [0.2, 0.25) is 0 Å². The molecule has 9 heteroatoms. The number of hydrogen-bond acceptors (Lipinski definition) is 6. The van der Waals surface area contributed by atoms with Gasteiger partial charge in [0, 0.05) is 26.7 Å². The molecule has 0 radical (unpaired) electrons. The van der Waals surface area contributed by atoms with Gasteiger partial charge in [0.15, 0.2) is 0 Å². The largest absolute Gasteiger partial charge is 0.495 e. The quantitative estimate of drug-likeness (QED) is 0.630. The molecule has 0 aromatic heterocycles. The summed E-state index contributed by atoms with van der Waals surface area (Å²) < 4.78 is 36.7. The zero-order chi connectivity index (χ0) is 15.7. The molecule has 0 saturated carbocycles. The summed E-state index contributed by atoms with van der Waals surface area (Å²) in [5.74, 6) is 0.147. The molecule has 0 aliphatic carbocycles. The highest BCUT2D eigenvalue weighted by atomic mass is 35.5. The molecule has 1 aromatic carbocycles. The number of halogens is 1. The number of nitriles is 1. The lowest BCUT2D eigenvalue weighted by atomic mass is 10.2. The monoisotopic (exact) mass is 349 g/mol. The van der Waals surface area contributed by atoms with Crippen molar-refractivity contribution >= 4 is 22.4 Å². The van der Waals surface area contributed by atoms with Gasteiger partial charge in [-0.05, 0) is 18.2 Å². The van der Waals surface area contributed by atoms with E-state index in [2.05, 4.69) is 10.0 Å². The van der Waals surface area contributed by atoms with Gasteiger partial charge in [0.25, 0.3) is 0 Å². The zero-order valence-electron chi connectivity index (χ0n) is 12.5. The Hall–Kier alpha value is -1.37. The molecule has 0 fully saturated rings. The van der Waals surface area contributed by atoms with Crippen molar-refractivity contribution in [2.45, 2.75) is 4.90 Å². The zero-order valence-corrected chi connectivity index (χ0v) is 14.1. The first kappa shape index (κ1) is 20.6. The van der Waals surface area contributed by atoms with Gasteiger partial charge >= 0.3 is 0 Å². The van der Waals surface area contributed by atoms with Gasteiger partial charge in [0.05, 0.1) is 25.3 Å². The van der Waals surface area contributed by atoms with Crippen molar-refractivity contribution in [2.24, 2.45) is 0 Å². The number of benzene rings is 1. The molecule has 0 aliphatic heterocycles. The van der Waals surface area contributed by atoms with Gasteiger partial charge < -0.3 is 14.8 Å². The van der Waals surface area contributed by atoms with Crippen LogP contribution in [0.15, 0.2) is 23.1 Å². The van der Waals surface area contributed by atoms with Crippen LogP contribution in [0.25, 0.3) is 0 Å². The highest BCUT2D eigenvalue weighted by Gasteiger charge is 2.19. The van der Waals surface area contributed by atoms with Crippen LogP contribution in [0.5, 0.6) is 5.75 Å². The van der Waals surface area contributed by atoms with Gasteiger partial charge in [-0.15, -0.1) is 12.4 Å². The first-order chi connectivity index (χ1) is 10.0. The first-order valence-corrected chi connectivity index (χ1v) is 7.81. The lowest BCUT2D eigenvalue weighted by Gasteiger charge is -2.11. The Labute approximate surface area is 137 Å². The van der Waals surface area contributed by atoms with Crippen LogP contribution >= 0.6 is 12.4 Å². The number of methoxy groups -OCH3 is 2. The summed E-state index contributed by atoms with van der Waals surface area (Å²) in [6, 6.07) is 6.13. The highest BCUT2D eigenvalue weighted by Crippen LogP contribution is 2.24. The molecule has 0 spiro atoms. The third-order valence-corrected chi connectivity index (χ3v) is 4.16. The fraction of sp³-hybridized carbons (Fsp3) is 0.462. The number of sulfonamides is 1. The normalized spacial score (nSPS) is 10.6. The third-order valence-electron chi connectivity index (χ3n) is 2.66. The van der Waals surface area contributed by atoms with Crippen molar-refractivity contribution in [1.29, 1.82) is 5.26 Å². The summed E-state index contributed by atoms with van der Waals surface area (Å²) in [6.07, 6.45) is 0. The van der Waals surface area contributed by atoms with Crippen molar-refractivity contribution in [2.75, 3.05) is 40.5 Å². The van der Waals surface area contributed by atoms with Crippen LogP contribution in [-0.2, 0) is 14.8 Å². The molecule has 1 rings (SSSR count). The van der Waals surface area contributed by atoms with E-state index in [1.807, 2.05) is 6.07 Å². The van der Waals surface area contributed by atoms with Crippen molar-refractivity contribution < 1.29 is 17.9 Å². The van der Waals surface area contributed by atoms with Crippen LogP contribution in [0.1, 0.15) is 5.56 Å². The Morgan fingerprint density at radius 1 is 1.23 bits per heavy atom. The van der Waals surface area contributed by atoms with E-state index in [4.69, 9.17) is 14.7 Å². The minimum Gasteiger partial charge on any atom is -0.495 e. The molecule has 2 N–H and O–H groups in total.